The van der Waals surface area contributed by atoms with Crippen molar-refractivity contribution in [2.45, 2.75) is 24.3 Å². The Morgan fingerprint density at radius 2 is 1.65 bits per heavy atom. The Balaban J connectivity index is 2.86. The van der Waals surface area contributed by atoms with Gasteiger partial charge in [-0.1, -0.05) is 13.8 Å². The lowest BCUT2D eigenvalue weighted by molar-refractivity contribution is -0.0436. The Morgan fingerprint density at radius 3 is 2.05 bits per heavy atom. The minimum Gasteiger partial charge on any atom is -0.384 e. The van der Waals surface area contributed by atoms with E-state index >= 15 is 0 Å². The van der Waals surface area contributed by atoms with Crippen LogP contribution in [0.2, 0.25) is 0 Å². The van der Waals surface area contributed by atoms with Crippen LogP contribution in [0.1, 0.15) is 13.8 Å². The summed E-state index contributed by atoms with van der Waals surface area (Å²) in [6, 6.07) is 4.45. The molecule has 0 saturated carbocycles. The second kappa shape index (κ2) is 5.81. The van der Waals surface area contributed by atoms with Crippen molar-refractivity contribution in [2.75, 3.05) is 17.7 Å². The number of nitrogens with one attached hydrogen (secondary N) is 1. The number of rotatable bonds is 5. The Bertz CT molecular complexity index is 553. The van der Waals surface area contributed by atoms with E-state index in [1.165, 1.54) is 12.1 Å². The summed E-state index contributed by atoms with van der Waals surface area (Å²) in [6.45, 7) is 4.37. The van der Waals surface area contributed by atoms with Gasteiger partial charge >= 0.3 is 5.51 Å². The highest BCUT2D eigenvalue weighted by atomic mass is 35.5. The molecule has 0 saturated heterocycles. The molecule has 114 valence electrons. The summed E-state index contributed by atoms with van der Waals surface area (Å²) >= 11 is 5.75. The largest absolute Gasteiger partial charge is 0.501 e. The Labute approximate surface area is 121 Å². The summed E-state index contributed by atoms with van der Waals surface area (Å²) in [5.74, 6) is 0.417. The molecule has 1 aromatic rings. The van der Waals surface area contributed by atoms with Gasteiger partial charge < -0.3 is 5.32 Å². The zero-order chi connectivity index (χ0) is 15.6. The van der Waals surface area contributed by atoms with Crippen LogP contribution in [0.5, 0.6) is 0 Å². The van der Waals surface area contributed by atoms with Crippen LogP contribution >= 0.6 is 11.6 Å². The molecule has 0 fully saturated rings. The molecule has 0 spiro atoms. The van der Waals surface area contributed by atoms with Crippen molar-refractivity contribution >= 4 is 27.1 Å². The molecule has 3 nitrogen and oxygen atoms in total. The van der Waals surface area contributed by atoms with E-state index in [1.54, 1.807) is 0 Å². The molecule has 0 unspecified atom stereocenters. The summed E-state index contributed by atoms with van der Waals surface area (Å²) in [4.78, 5) is -0.771. The highest BCUT2D eigenvalue weighted by molar-refractivity contribution is 7.92. The lowest BCUT2D eigenvalue weighted by atomic mass is 9.96. The van der Waals surface area contributed by atoms with Crippen LogP contribution in [0.3, 0.4) is 0 Å². The maximum Gasteiger partial charge on any atom is 0.501 e. The van der Waals surface area contributed by atoms with E-state index in [4.69, 9.17) is 11.6 Å². The van der Waals surface area contributed by atoms with Gasteiger partial charge in [0, 0.05) is 18.1 Å². The molecular formula is C12H15ClF3NO2S. The fraction of sp³-hybridized carbons (Fsp3) is 0.500. The first-order valence-electron chi connectivity index (χ1n) is 5.71. The van der Waals surface area contributed by atoms with Crippen LogP contribution in [0.4, 0.5) is 18.9 Å². The summed E-state index contributed by atoms with van der Waals surface area (Å²) < 4.78 is 59.4. The van der Waals surface area contributed by atoms with Gasteiger partial charge in [0.25, 0.3) is 9.84 Å². The van der Waals surface area contributed by atoms with E-state index < -0.39 is 20.2 Å². The Kier molecular flexibility index (Phi) is 4.97. The average molecular weight is 330 g/mol. The second-order valence-corrected chi connectivity index (χ2v) is 7.33. The molecule has 0 bridgehead atoms. The lowest BCUT2D eigenvalue weighted by Crippen LogP contribution is -2.25. The first kappa shape index (κ1) is 17.1. The number of alkyl halides is 4. The van der Waals surface area contributed by atoms with Crippen molar-refractivity contribution in [1.82, 2.24) is 0 Å². The van der Waals surface area contributed by atoms with E-state index in [2.05, 4.69) is 5.32 Å². The van der Waals surface area contributed by atoms with E-state index in [1.807, 2.05) is 13.8 Å². The summed E-state index contributed by atoms with van der Waals surface area (Å²) in [5.41, 5.74) is -4.94. The summed E-state index contributed by atoms with van der Waals surface area (Å²) in [5, 5.41) is 2.99. The fourth-order valence-electron chi connectivity index (χ4n) is 1.27. The molecule has 8 heteroatoms. The van der Waals surface area contributed by atoms with Crippen LogP contribution in [0.15, 0.2) is 29.2 Å². The lowest BCUT2D eigenvalue weighted by Gasteiger charge is -2.22. The molecule has 0 aliphatic heterocycles. The van der Waals surface area contributed by atoms with Gasteiger partial charge in [-0.3, -0.25) is 0 Å². The third-order valence-electron chi connectivity index (χ3n) is 2.60. The number of hydrogen-bond donors (Lipinski definition) is 1. The summed E-state index contributed by atoms with van der Waals surface area (Å²) in [7, 11) is -5.29. The number of anilines is 1. The first-order chi connectivity index (χ1) is 8.99. The molecule has 0 radical (unpaired) electrons. The molecule has 1 aromatic carbocycles. The predicted octanol–water partition coefficient (Wildman–Crippen LogP) is 3.66. The van der Waals surface area contributed by atoms with E-state index in [9.17, 15) is 21.6 Å². The van der Waals surface area contributed by atoms with E-state index in [0.29, 0.717) is 18.1 Å². The maximum atomic E-state index is 12.4. The van der Waals surface area contributed by atoms with Gasteiger partial charge in [0.05, 0.1) is 4.90 Å². The smallest absolute Gasteiger partial charge is 0.384 e. The SMILES string of the molecule is CC(C)(CCl)CNc1ccc(S(=O)(=O)C(F)(F)F)cc1. The van der Waals surface area contributed by atoms with E-state index in [0.717, 1.165) is 12.1 Å². The quantitative estimate of drug-likeness (QED) is 0.839. The number of hydrogen-bond acceptors (Lipinski definition) is 3. The first-order valence-corrected chi connectivity index (χ1v) is 7.73. The van der Waals surface area contributed by atoms with Crippen molar-refractivity contribution in [2.24, 2.45) is 5.41 Å². The van der Waals surface area contributed by atoms with Crippen molar-refractivity contribution in [3.63, 3.8) is 0 Å². The molecule has 20 heavy (non-hydrogen) atoms. The third-order valence-corrected chi connectivity index (χ3v) is 4.83. The molecule has 0 aliphatic rings. The fourth-order valence-corrected chi connectivity index (χ4v) is 2.13. The van der Waals surface area contributed by atoms with Gasteiger partial charge in [-0.2, -0.15) is 13.2 Å². The third kappa shape index (κ3) is 4.02. The van der Waals surface area contributed by atoms with Gasteiger partial charge in [-0.15, -0.1) is 11.6 Å². The minimum absolute atomic E-state index is 0.182. The van der Waals surface area contributed by atoms with Crippen LogP contribution in [0, 0.1) is 5.41 Å². The maximum absolute atomic E-state index is 12.4. The van der Waals surface area contributed by atoms with Crippen LogP contribution < -0.4 is 5.32 Å². The van der Waals surface area contributed by atoms with Crippen molar-refractivity contribution < 1.29 is 21.6 Å². The van der Waals surface area contributed by atoms with Gasteiger partial charge in [0.2, 0.25) is 0 Å². The molecule has 0 aromatic heterocycles. The van der Waals surface area contributed by atoms with Gasteiger partial charge in [-0.25, -0.2) is 8.42 Å². The van der Waals surface area contributed by atoms with Crippen molar-refractivity contribution in [3.05, 3.63) is 24.3 Å². The van der Waals surface area contributed by atoms with Gasteiger partial charge in [0.15, 0.2) is 0 Å². The molecule has 1 rings (SSSR count). The van der Waals surface area contributed by atoms with E-state index in [-0.39, 0.29) is 5.41 Å². The normalized spacial score (nSPS) is 13.3. The second-order valence-electron chi connectivity index (χ2n) is 5.12. The van der Waals surface area contributed by atoms with Crippen molar-refractivity contribution in [3.8, 4) is 0 Å². The zero-order valence-electron chi connectivity index (χ0n) is 11.0. The minimum atomic E-state index is -5.29. The molecule has 0 atom stereocenters. The molecule has 0 heterocycles. The molecular weight excluding hydrogens is 315 g/mol. The zero-order valence-corrected chi connectivity index (χ0v) is 12.5. The average Bonchev–Trinajstić information content (AvgIpc) is 2.36. The Hall–Kier alpha value is -0.950. The van der Waals surface area contributed by atoms with Crippen molar-refractivity contribution in [1.29, 1.82) is 0 Å². The summed E-state index contributed by atoms with van der Waals surface area (Å²) in [6.07, 6.45) is 0. The van der Waals surface area contributed by atoms with Gasteiger partial charge in [-0.05, 0) is 29.7 Å². The number of benzene rings is 1. The highest BCUT2D eigenvalue weighted by Crippen LogP contribution is 2.30. The van der Waals surface area contributed by atoms with Gasteiger partial charge in [0.1, 0.15) is 0 Å². The topological polar surface area (TPSA) is 46.2 Å². The molecule has 0 amide bonds. The predicted molar refractivity (Wildman–Crippen MR) is 72.7 cm³/mol. The monoisotopic (exact) mass is 329 g/mol. The standard InChI is InChI=1S/C12H15ClF3NO2S/c1-11(2,7-13)8-17-9-3-5-10(6-4-9)20(18,19)12(14,15)16/h3-6,17H,7-8H2,1-2H3. The number of halogens is 4. The molecule has 0 aliphatic carbocycles. The van der Waals surface area contributed by atoms with Crippen LogP contribution in [-0.4, -0.2) is 26.4 Å². The molecule has 1 N–H and O–H groups in total. The number of sulfone groups is 1. The van der Waals surface area contributed by atoms with Crippen LogP contribution in [-0.2, 0) is 9.84 Å². The van der Waals surface area contributed by atoms with Crippen LogP contribution in [0.25, 0.3) is 0 Å². The Morgan fingerprint density at radius 1 is 1.15 bits per heavy atom. The highest BCUT2D eigenvalue weighted by Gasteiger charge is 2.46.